The summed E-state index contributed by atoms with van der Waals surface area (Å²) in [6.07, 6.45) is 11.4. The van der Waals surface area contributed by atoms with Crippen molar-refractivity contribution in [3.63, 3.8) is 0 Å². The third kappa shape index (κ3) is 6.10. The van der Waals surface area contributed by atoms with Crippen LogP contribution in [-0.4, -0.2) is 36.1 Å². The van der Waals surface area contributed by atoms with Gasteiger partial charge in [0, 0.05) is 24.5 Å². The number of nitrogens with one attached hydrogen (secondary N) is 1. The molecule has 0 aromatic carbocycles. The molecule has 0 aromatic rings. The van der Waals surface area contributed by atoms with Gasteiger partial charge in [0.05, 0.1) is 0 Å². The summed E-state index contributed by atoms with van der Waals surface area (Å²) in [5.74, 6) is 2.74. The molecular weight excluding hydrogens is 208 g/mol. The molecular formula is C15H28N2. The van der Waals surface area contributed by atoms with Gasteiger partial charge in [0.2, 0.25) is 0 Å². The van der Waals surface area contributed by atoms with E-state index in [4.69, 9.17) is 6.42 Å². The largest absolute Gasteiger partial charge is 0.311 e. The second-order valence-corrected chi connectivity index (χ2v) is 6.12. The highest BCUT2D eigenvalue weighted by molar-refractivity contribution is 4.86. The minimum atomic E-state index is 0.224. The van der Waals surface area contributed by atoms with Crippen molar-refractivity contribution >= 4 is 0 Å². The number of nitrogens with zero attached hydrogens (tertiary/aromatic N) is 1. The minimum absolute atomic E-state index is 0.224. The zero-order valence-corrected chi connectivity index (χ0v) is 11.8. The fourth-order valence-corrected chi connectivity index (χ4v) is 2.39. The first-order valence-electron chi connectivity index (χ1n) is 6.95. The molecule has 1 aliphatic heterocycles. The lowest BCUT2D eigenvalue weighted by Gasteiger charge is -2.37. The van der Waals surface area contributed by atoms with Gasteiger partial charge in [0.25, 0.3) is 0 Å². The molecule has 1 heterocycles. The van der Waals surface area contributed by atoms with E-state index in [0.717, 1.165) is 19.4 Å². The number of likely N-dealkylation sites (tertiary alicyclic amines) is 1. The maximum Gasteiger partial charge on any atom is 0.0220 e. The van der Waals surface area contributed by atoms with Crippen molar-refractivity contribution < 1.29 is 0 Å². The third-order valence-electron chi connectivity index (χ3n) is 3.38. The predicted molar refractivity (Wildman–Crippen MR) is 75.0 cm³/mol. The molecule has 1 N–H and O–H groups in total. The highest BCUT2D eigenvalue weighted by atomic mass is 15.2. The van der Waals surface area contributed by atoms with E-state index in [9.17, 15) is 0 Å². The van der Waals surface area contributed by atoms with Crippen molar-refractivity contribution in [3.8, 4) is 12.3 Å². The van der Waals surface area contributed by atoms with Crippen LogP contribution in [-0.2, 0) is 0 Å². The normalized spacial score (nSPS) is 22.4. The van der Waals surface area contributed by atoms with Crippen molar-refractivity contribution in [1.29, 1.82) is 0 Å². The van der Waals surface area contributed by atoms with Crippen LogP contribution in [0.2, 0.25) is 0 Å². The third-order valence-corrected chi connectivity index (χ3v) is 3.38. The Balaban J connectivity index is 2.35. The Hall–Kier alpha value is -0.520. The molecule has 17 heavy (non-hydrogen) atoms. The molecule has 0 saturated carbocycles. The lowest BCUT2D eigenvalue weighted by molar-refractivity contribution is 0.138. The molecule has 1 aliphatic rings. The fraction of sp³-hybridized carbons (Fsp3) is 0.867. The van der Waals surface area contributed by atoms with Crippen LogP contribution in [0.4, 0.5) is 0 Å². The van der Waals surface area contributed by atoms with E-state index in [1.807, 2.05) is 0 Å². The first-order chi connectivity index (χ1) is 8.03. The number of unbranched alkanes of at least 4 members (excludes halogenated alkanes) is 1. The molecule has 1 rings (SSSR count). The van der Waals surface area contributed by atoms with Crippen molar-refractivity contribution in [3.05, 3.63) is 0 Å². The number of terminal acetylenes is 1. The number of piperidine rings is 1. The Bertz CT molecular complexity index is 247. The van der Waals surface area contributed by atoms with Crippen molar-refractivity contribution in [2.24, 2.45) is 0 Å². The summed E-state index contributed by atoms with van der Waals surface area (Å²) in [7, 11) is 0. The number of hydrogen-bond acceptors (Lipinski definition) is 2. The van der Waals surface area contributed by atoms with Crippen LogP contribution >= 0.6 is 0 Å². The summed E-state index contributed by atoms with van der Waals surface area (Å²) < 4.78 is 0. The molecule has 2 heteroatoms. The van der Waals surface area contributed by atoms with E-state index < -0.39 is 0 Å². The van der Waals surface area contributed by atoms with Gasteiger partial charge in [-0.3, -0.25) is 4.90 Å². The smallest absolute Gasteiger partial charge is 0.0220 e. The Morgan fingerprint density at radius 3 is 2.76 bits per heavy atom. The van der Waals surface area contributed by atoms with Gasteiger partial charge >= 0.3 is 0 Å². The van der Waals surface area contributed by atoms with Gasteiger partial charge in [0.15, 0.2) is 0 Å². The Labute approximate surface area is 107 Å². The zero-order valence-electron chi connectivity index (χ0n) is 11.8. The van der Waals surface area contributed by atoms with Crippen LogP contribution in [0.15, 0.2) is 0 Å². The second kappa shape index (κ2) is 7.03. The van der Waals surface area contributed by atoms with E-state index in [2.05, 4.69) is 36.9 Å². The summed E-state index contributed by atoms with van der Waals surface area (Å²) in [6, 6.07) is 0.709. The molecule has 1 fully saturated rings. The van der Waals surface area contributed by atoms with E-state index in [-0.39, 0.29) is 5.54 Å². The summed E-state index contributed by atoms with van der Waals surface area (Å²) >= 11 is 0. The summed E-state index contributed by atoms with van der Waals surface area (Å²) in [6.45, 7) is 10.2. The van der Waals surface area contributed by atoms with Crippen LogP contribution in [0, 0.1) is 12.3 Å². The summed E-state index contributed by atoms with van der Waals surface area (Å²) in [5, 5.41) is 3.63. The Morgan fingerprint density at radius 2 is 2.12 bits per heavy atom. The predicted octanol–water partition coefficient (Wildman–Crippen LogP) is 2.64. The lowest BCUT2D eigenvalue weighted by atomic mass is 10.00. The Kier molecular flexibility index (Phi) is 6.02. The molecule has 1 atom stereocenters. The van der Waals surface area contributed by atoms with Crippen LogP contribution < -0.4 is 5.32 Å². The molecule has 0 bridgehead atoms. The Morgan fingerprint density at radius 1 is 1.35 bits per heavy atom. The maximum absolute atomic E-state index is 5.31. The van der Waals surface area contributed by atoms with Crippen LogP contribution in [0.25, 0.3) is 0 Å². The van der Waals surface area contributed by atoms with Crippen LogP contribution in [0.5, 0.6) is 0 Å². The van der Waals surface area contributed by atoms with Gasteiger partial charge in [-0.2, -0.15) is 0 Å². The van der Waals surface area contributed by atoms with Gasteiger partial charge in [-0.1, -0.05) is 6.42 Å². The molecule has 0 aromatic heterocycles. The van der Waals surface area contributed by atoms with Gasteiger partial charge in [-0.15, -0.1) is 12.3 Å². The molecule has 0 aliphatic carbocycles. The first-order valence-corrected chi connectivity index (χ1v) is 6.95. The van der Waals surface area contributed by atoms with Gasteiger partial charge in [-0.25, -0.2) is 0 Å². The quantitative estimate of drug-likeness (QED) is 0.583. The van der Waals surface area contributed by atoms with E-state index in [0.29, 0.717) is 6.04 Å². The van der Waals surface area contributed by atoms with Gasteiger partial charge < -0.3 is 5.32 Å². The molecule has 0 amide bonds. The van der Waals surface area contributed by atoms with Gasteiger partial charge in [0.1, 0.15) is 0 Å². The molecule has 2 nitrogen and oxygen atoms in total. The number of rotatable bonds is 5. The average molecular weight is 236 g/mol. The second-order valence-electron chi connectivity index (χ2n) is 6.12. The maximum atomic E-state index is 5.31. The summed E-state index contributed by atoms with van der Waals surface area (Å²) in [4.78, 5) is 2.62. The van der Waals surface area contributed by atoms with E-state index in [1.165, 1.54) is 32.4 Å². The molecule has 0 radical (unpaired) electrons. The molecule has 0 spiro atoms. The standard InChI is InChI=1S/C15H28N2/c1-5-6-8-11-17-12-9-7-10-14(17)13-16-15(2,3)4/h1,14,16H,6-13H2,2-4H3. The van der Waals surface area contributed by atoms with Crippen molar-refractivity contribution in [2.75, 3.05) is 19.6 Å². The lowest BCUT2D eigenvalue weighted by Crippen LogP contribution is -2.49. The molecule has 98 valence electrons. The number of hydrogen-bond donors (Lipinski definition) is 1. The van der Waals surface area contributed by atoms with Gasteiger partial charge in [-0.05, 0) is 53.1 Å². The molecule has 1 saturated heterocycles. The van der Waals surface area contributed by atoms with Crippen LogP contribution in [0.3, 0.4) is 0 Å². The topological polar surface area (TPSA) is 15.3 Å². The van der Waals surface area contributed by atoms with Crippen LogP contribution in [0.1, 0.15) is 52.9 Å². The molecule has 1 unspecified atom stereocenters. The van der Waals surface area contributed by atoms with E-state index >= 15 is 0 Å². The monoisotopic (exact) mass is 236 g/mol. The minimum Gasteiger partial charge on any atom is -0.311 e. The van der Waals surface area contributed by atoms with Crippen molar-refractivity contribution in [1.82, 2.24) is 10.2 Å². The zero-order chi connectivity index (χ0) is 12.7. The highest BCUT2D eigenvalue weighted by Crippen LogP contribution is 2.17. The average Bonchev–Trinajstić information content (AvgIpc) is 2.27. The SMILES string of the molecule is C#CCCCN1CCCCC1CNC(C)(C)C. The fourth-order valence-electron chi connectivity index (χ4n) is 2.39. The first kappa shape index (κ1) is 14.5. The summed E-state index contributed by atoms with van der Waals surface area (Å²) in [5.41, 5.74) is 0.224. The van der Waals surface area contributed by atoms with Crippen molar-refractivity contribution in [2.45, 2.75) is 64.5 Å². The highest BCUT2D eigenvalue weighted by Gasteiger charge is 2.23. The van der Waals surface area contributed by atoms with E-state index in [1.54, 1.807) is 0 Å².